The van der Waals surface area contributed by atoms with Crippen molar-refractivity contribution < 1.29 is 9.53 Å². The fraction of sp³-hybridized carbons (Fsp3) is 0.0500. The van der Waals surface area contributed by atoms with E-state index in [0.29, 0.717) is 10.6 Å². The third-order valence-electron chi connectivity index (χ3n) is 4.20. The Bertz CT molecular complexity index is 872. The maximum atomic E-state index is 12.4. The predicted molar refractivity (Wildman–Crippen MR) is 89.6 cm³/mol. The topological polar surface area (TPSA) is 26.3 Å². The first-order chi connectivity index (χ1) is 11.2. The molecule has 1 heterocycles. The highest BCUT2D eigenvalue weighted by Gasteiger charge is 2.48. The van der Waals surface area contributed by atoms with E-state index in [1.165, 1.54) is 0 Å². The molecular weight excluding hydrogens is 308 g/mol. The smallest absolute Gasteiger partial charge is 0.340 e. The lowest BCUT2D eigenvalue weighted by atomic mass is 9.80. The molecular formula is C20H13ClO2. The van der Waals surface area contributed by atoms with Crippen molar-refractivity contribution >= 4 is 17.6 Å². The van der Waals surface area contributed by atoms with Crippen LogP contribution in [-0.4, -0.2) is 5.97 Å². The first kappa shape index (κ1) is 14.0. The lowest BCUT2D eigenvalue weighted by Crippen LogP contribution is -2.29. The summed E-state index contributed by atoms with van der Waals surface area (Å²) in [6.45, 7) is 0. The molecule has 2 nitrogen and oxygen atoms in total. The van der Waals surface area contributed by atoms with Gasteiger partial charge in [-0.15, -0.1) is 0 Å². The summed E-state index contributed by atoms with van der Waals surface area (Å²) in [4.78, 5) is 12.4. The first-order valence-corrected chi connectivity index (χ1v) is 7.74. The average molecular weight is 321 g/mol. The molecule has 0 spiro atoms. The molecule has 23 heavy (non-hydrogen) atoms. The van der Waals surface area contributed by atoms with Gasteiger partial charge in [-0.3, -0.25) is 0 Å². The van der Waals surface area contributed by atoms with Gasteiger partial charge in [0.2, 0.25) is 0 Å². The summed E-state index contributed by atoms with van der Waals surface area (Å²) in [5.41, 5.74) is 2.33. The Labute approximate surface area is 139 Å². The lowest BCUT2D eigenvalue weighted by molar-refractivity contribution is 0.0251. The summed E-state index contributed by atoms with van der Waals surface area (Å²) < 4.78 is 5.95. The van der Waals surface area contributed by atoms with E-state index in [1.54, 1.807) is 6.07 Å². The number of carbonyl (C=O) groups is 1. The number of esters is 1. The molecule has 112 valence electrons. The first-order valence-electron chi connectivity index (χ1n) is 7.36. The van der Waals surface area contributed by atoms with Crippen molar-refractivity contribution in [2.24, 2.45) is 0 Å². The van der Waals surface area contributed by atoms with Gasteiger partial charge in [-0.2, -0.15) is 0 Å². The maximum Gasteiger partial charge on any atom is 0.340 e. The molecule has 0 radical (unpaired) electrons. The maximum absolute atomic E-state index is 12.4. The molecule has 0 bridgehead atoms. The Balaban J connectivity index is 2.04. The SMILES string of the molecule is O=C1OC(c2ccccc2)(c2ccc(Cl)cc2)c2ccccc21. The van der Waals surface area contributed by atoms with Crippen LogP contribution >= 0.6 is 11.6 Å². The van der Waals surface area contributed by atoms with E-state index in [9.17, 15) is 4.79 Å². The van der Waals surface area contributed by atoms with Gasteiger partial charge in [0.1, 0.15) is 0 Å². The standard InChI is InChI=1S/C20H13ClO2/c21-16-12-10-15(11-13-16)20(14-6-2-1-3-7-14)18-9-5-4-8-17(18)19(22)23-20/h1-13H. The van der Waals surface area contributed by atoms with E-state index < -0.39 is 5.60 Å². The lowest BCUT2D eigenvalue weighted by Gasteiger charge is -2.30. The summed E-state index contributed by atoms with van der Waals surface area (Å²) in [5, 5.41) is 0.648. The van der Waals surface area contributed by atoms with Crippen LogP contribution in [0, 0.1) is 0 Å². The second kappa shape index (κ2) is 5.25. The summed E-state index contributed by atoms with van der Waals surface area (Å²) in [6.07, 6.45) is 0. The molecule has 4 rings (SSSR count). The average Bonchev–Trinajstić information content (AvgIpc) is 2.91. The fourth-order valence-corrected chi connectivity index (χ4v) is 3.30. The summed E-state index contributed by atoms with van der Waals surface area (Å²) in [6, 6.07) is 24.8. The Morgan fingerprint density at radius 2 is 1.35 bits per heavy atom. The number of benzene rings is 3. The van der Waals surface area contributed by atoms with E-state index in [-0.39, 0.29) is 5.97 Å². The number of ether oxygens (including phenoxy) is 1. The highest BCUT2D eigenvalue weighted by molar-refractivity contribution is 6.30. The molecule has 3 aromatic rings. The van der Waals surface area contributed by atoms with Crippen LogP contribution in [0.25, 0.3) is 0 Å². The second-order valence-electron chi connectivity index (χ2n) is 5.49. The fourth-order valence-electron chi connectivity index (χ4n) is 3.17. The minimum absolute atomic E-state index is 0.306. The van der Waals surface area contributed by atoms with Crippen LogP contribution in [0.15, 0.2) is 78.9 Å². The van der Waals surface area contributed by atoms with Crippen LogP contribution in [0.4, 0.5) is 0 Å². The third-order valence-corrected chi connectivity index (χ3v) is 4.46. The Hall–Kier alpha value is -2.58. The van der Waals surface area contributed by atoms with Crippen molar-refractivity contribution in [1.82, 2.24) is 0 Å². The van der Waals surface area contributed by atoms with Crippen LogP contribution in [0.5, 0.6) is 0 Å². The van der Waals surface area contributed by atoms with E-state index >= 15 is 0 Å². The third kappa shape index (κ3) is 2.07. The van der Waals surface area contributed by atoms with Gasteiger partial charge in [0.25, 0.3) is 0 Å². The Kier molecular flexibility index (Phi) is 3.21. The van der Waals surface area contributed by atoms with E-state index in [2.05, 4.69) is 0 Å². The van der Waals surface area contributed by atoms with Crippen LogP contribution in [-0.2, 0) is 10.3 Å². The van der Waals surface area contributed by atoms with E-state index in [0.717, 1.165) is 16.7 Å². The van der Waals surface area contributed by atoms with Crippen molar-refractivity contribution in [3.8, 4) is 0 Å². The zero-order chi connectivity index (χ0) is 15.9. The Morgan fingerprint density at radius 3 is 2.09 bits per heavy atom. The number of fused-ring (bicyclic) bond motifs is 1. The van der Waals surface area contributed by atoms with Gasteiger partial charge in [-0.05, 0) is 18.2 Å². The molecule has 1 unspecified atom stereocenters. The highest BCUT2D eigenvalue weighted by Crippen LogP contribution is 2.46. The van der Waals surface area contributed by atoms with Gasteiger partial charge in [0.05, 0.1) is 5.56 Å². The quantitative estimate of drug-likeness (QED) is 0.634. The number of carbonyl (C=O) groups excluding carboxylic acids is 1. The largest absolute Gasteiger partial charge is 0.441 e. The van der Waals surface area contributed by atoms with Crippen LogP contribution < -0.4 is 0 Å². The molecule has 0 aromatic heterocycles. The number of cyclic esters (lactones) is 1. The van der Waals surface area contributed by atoms with Crippen molar-refractivity contribution in [1.29, 1.82) is 0 Å². The molecule has 0 saturated carbocycles. The van der Waals surface area contributed by atoms with Crippen molar-refractivity contribution in [3.63, 3.8) is 0 Å². The molecule has 0 amide bonds. The summed E-state index contributed by atoms with van der Waals surface area (Å²) in [5.74, 6) is -0.306. The number of hydrogen-bond acceptors (Lipinski definition) is 2. The summed E-state index contributed by atoms with van der Waals surface area (Å²) >= 11 is 6.03. The number of halogens is 1. The van der Waals surface area contributed by atoms with Gasteiger partial charge in [0.15, 0.2) is 5.60 Å². The van der Waals surface area contributed by atoms with Crippen molar-refractivity contribution in [2.45, 2.75) is 5.60 Å². The van der Waals surface area contributed by atoms with Crippen LogP contribution in [0.3, 0.4) is 0 Å². The molecule has 0 saturated heterocycles. The molecule has 1 aliphatic heterocycles. The molecule has 1 atom stereocenters. The number of hydrogen-bond donors (Lipinski definition) is 0. The minimum atomic E-state index is -0.931. The molecule has 1 aliphatic rings. The van der Waals surface area contributed by atoms with E-state index in [4.69, 9.17) is 16.3 Å². The monoisotopic (exact) mass is 320 g/mol. The second-order valence-corrected chi connectivity index (χ2v) is 5.93. The molecule has 0 N–H and O–H groups in total. The van der Waals surface area contributed by atoms with Gasteiger partial charge in [0, 0.05) is 21.7 Å². The van der Waals surface area contributed by atoms with E-state index in [1.807, 2.05) is 72.8 Å². The van der Waals surface area contributed by atoms with Crippen LogP contribution in [0.1, 0.15) is 27.0 Å². The van der Waals surface area contributed by atoms with Crippen molar-refractivity contribution in [3.05, 3.63) is 106 Å². The predicted octanol–water partition coefficient (Wildman–Crippen LogP) is 4.80. The Morgan fingerprint density at radius 1 is 0.739 bits per heavy atom. The van der Waals surface area contributed by atoms with Gasteiger partial charge < -0.3 is 4.74 Å². The van der Waals surface area contributed by atoms with Gasteiger partial charge in [-0.1, -0.05) is 72.3 Å². The molecule has 3 aromatic carbocycles. The zero-order valence-electron chi connectivity index (χ0n) is 12.2. The van der Waals surface area contributed by atoms with Crippen molar-refractivity contribution in [2.75, 3.05) is 0 Å². The molecule has 0 aliphatic carbocycles. The highest BCUT2D eigenvalue weighted by atomic mass is 35.5. The number of rotatable bonds is 2. The van der Waals surface area contributed by atoms with Gasteiger partial charge >= 0.3 is 5.97 Å². The molecule has 3 heteroatoms. The minimum Gasteiger partial charge on any atom is -0.441 e. The summed E-state index contributed by atoms with van der Waals surface area (Å²) in [7, 11) is 0. The molecule has 0 fully saturated rings. The normalized spacial score (nSPS) is 19.3. The zero-order valence-corrected chi connectivity index (χ0v) is 13.0. The van der Waals surface area contributed by atoms with Gasteiger partial charge in [-0.25, -0.2) is 4.79 Å². The van der Waals surface area contributed by atoms with Crippen LogP contribution in [0.2, 0.25) is 5.02 Å².